The third kappa shape index (κ3) is 4.14. The van der Waals surface area contributed by atoms with Gasteiger partial charge in [0.25, 0.3) is 0 Å². The highest BCUT2D eigenvalue weighted by Crippen LogP contribution is 2.39. The van der Waals surface area contributed by atoms with Gasteiger partial charge < -0.3 is 20.3 Å². The van der Waals surface area contributed by atoms with Crippen LogP contribution in [-0.4, -0.2) is 53.5 Å². The molecule has 4 rings (SSSR count). The summed E-state index contributed by atoms with van der Waals surface area (Å²) in [5, 5.41) is 6.46. The molecule has 2 heterocycles. The molecular formula is C19H26N4O4S. The highest BCUT2D eigenvalue weighted by atomic mass is 32.1. The van der Waals surface area contributed by atoms with Crippen molar-refractivity contribution >= 4 is 34.4 Å². The molecule has 1 aliphatic heterocycles. The minimum absolute atomic E-state index is 0.0114. The molecule has 2 N–H and O–H groups in total. The molecule has 152 valence electrons. The summed E-state index contributed by atoms with van der Waals surface area (Å²) >= 11 is 1.45. The van der Waals surface area contributed by atoms with Crippen molar-refractivity contribution in [2.75, 3.05) is 25.0 Å². The Morgan fingerprint density at radius 1 is 1.18 bits per heavy atom. The van der Waals surface area contributed by atoms with Crippen molar-refractivity contribution < 1.29 is 19.1 Å². The lowest BCUT2D eigenvalue weighted by Crippen LogP contribution is -2.46. The Balaban J connectivity index is 1.29. The van der Waals surface area contributed by atoms with Crippen LogP contribution in [0.2, 0.25) is 0 Å². The van der Waals surface area contributed by atoms with Crippen LogP contribution < -0.4 is 10.6 Å². The smallest absolute Gasteiger partial charge is 0.317 e. The van der Waals surface area contributed by atoms with Crippen molar-refractivity contribution in [1.29, 1.82) is 0 Å². The molecule has 1 saturated carbocycles. The molecule has 0 aromatic carbocycles. The fourth-order valence-electron chi connectivity index (χ4n) is 3.80. The Kier molecular flexibility index (Phi) is 5.52. The van der Waals surface area contributed by atoms with Gasteiger partial charge in [-0.15, -0.1) is 11.3 Å². The number of hydrogen-bond acceptors (Lipinski definition) is 6. The molecular weight excluding hydrogens is 380 g/mol. The maximum Gasteiger partial charge on any atom is 0.317 e. The Morgan fingerprint density at radius 2 is 1.93 bits per heavy atom. The van der Waals surface area contributed by atoms with E-state index in [1.54, 1.807) is 11.8 Å². The van der Waals surface area contributed by atoms with Gasteiger partial charge >= 0.3 is 12.0 Å². The Hall–Kier alpha value is -2.16. The maximum atomic E-state index is 12.6. The molecule has 8 nitrogen and oxygen atoms in total. The van der Waals surface area contributed by atoms with Gasteiger partial charge in [-0.1, -0.05) is 0 Å². The predicted molar refractivity (Wildman–Crippen MR) is 104 cm³/mol. The van der Waals surface area contributed by atoms with E-state index in [0.717, 1.165) is 36.3 Å². The van der Waals surface area contributed by atoms with E-state index in [1.165, 1.54) is 11.3 Å². The van der Waals surface area contributed by atoms with Crippen molar-refractivity contribution in [2.24, 2.45) is 5.92 Å². The number of urea groups is 1. The third-order valence-electron chi connectivity index (χ3n) is 5.58. The van der Waals surface area contributed by atoms with E-state index in [0.29, 0.717) is 43.7 Å². The number of nitrogens with zero attached hydrogens (tertiary/aromatic N) is 2. The van der Waals surface area contributed by atoms with Gasteiger partial charge in [-0.3, -0.25) is 9.59 Å². The molecule has 1 aromatic rings. The zero-order chi connectivity index (χ0) is 19.7. The van der Waals surface area contributed by atoms with E-state index in [1.807, 2.05) is 0 Å². The number of rotatable bonds is 5. The lowest BCUT2D eigenvalue weighted by atomic mass is 9.96. The number of nitrogens with one attached hydrogen (secondary N) is 2. The summed E-state index contributed by atoms with van der Waals surface area (Å²) < 4.78 is 5.13. The van der Waals surface area contributed by atoms with Crippen LogP contribution in [0.1, 0.15) is 55.5 Å². The standard InChI is InChI=1S/C19H26N4O4S/c1-2-27-17(25)13-5-6-14-15(13)21-18(28-14)22-16(24)11-7-9-23(10-8-11)19(26)20-12-3-4-12/h11-13H,2-10H2,1H3,(H,20,26)(H,21,22,24). The van der Waals surface area contributed by atoms with Crippen LogP contribution in [0.3, 0.4) is 0 Å². The minimum Gasteiger partial charge on any atom is -0.465 e. The van der Waals surface area contributed by atoms with Crippen LogP contribution in [0.15, 0.2) is 0 Å². The number of esters is 1. The van der Waals surface area contributed by atoms with Crippen molar-refractivity contribution in [1.82, 2.24) is 15.2 Å². The van der Waals surface area contributed by atoms with Gasteiger partial charge in [-0.25, -0.2) is 9.78 Å². The lowest BCUT2D eigenvalue weighted by molar-refractivity contribution is -0.145. The normalized spacial score (nSPS) is 21.9. The van der Waals surface area contributed by atoms with Crippen LogP contribution in [0.25, 0.3) is 0 Å². The molecule has 1 saturated heterocycles. The van der Waals surface area contributed by atoms with Crippen LogP contribution in [0.5, 0.6) is 0 Å². The van der Waals surface area contributed by atoms with E-state index < -0.39 is 0 Å². The molecule has 0 bridgehead atoms. The Bertz CT molecular complexity index is 768. The number of piperidine rings is 1. The van der Waals surface area contributed by atoms with Gasteiger partial charge in [0.2, 0.25) is 5.91 Å². The molecule has 0 spiro atoms. The largest absolute Gasteiger partial charge is 0.465 e. The SMILES string of the molecule is CCOC(=O)C1CCc2sc(NC(=O)C3CCN(C(=O)NC4CC4)CC3)nc21. The van der Waals surface area contributed by atoms with Crippen molar-refractivity contribution in [2.45, 2.75) is 57.4 Å². The minimum atomic E-state index is -0.315. The van der Waals surface area contributed by atoms with Gasteiger partial charge in [0.05, 0.1) is 12.3 Å². The monoisotopic (exact) mass is 406 g/mol. The van der Waals surface area contributed by atoms with Gasteiger partial charge in [0, 0.05) is 29.9 Å². The lowest BCUT2D eigenvalue weighted by Gasteiger charge is -2.31. The molecule has 3 aliphatic rings. The van der Waals surface area contributed by atoms with Crippen molar-refractivity contribution in [3.05, 3.63) is 10.6 Å². The third-order valence-corrected chi connectivity index (χ3v) is 6.62. The average Bonchev–Trinajstić information content (AvgIpc) is 3.27. The number of hydrogen-bond donors (Lipinski definition) is 2. The van der Waals surface area contributed by atoms with Crippen molar-refractivity contribution in [3.63, 3.8) is 0 Å². The predicted octanol–water partition coefficient (Wildman–Crippen LogP) is 2.26. The van der Waals surface area contributed by atoms with Gasteiger partial charge in [-0.05, 0) is 45.4 Å². The molecule has 1 unspecified atom stereocenters. The first-order chi connectivity index (χ1) is 13.5. The summed E-state index contributed by atoms with van der Waals surface area (Å²) in [4.78, 5) is 44.1. The van der Waals surface area contributed by atoms with E-state index in [2.05, 4.69) is 15.6 Å². The van der Waals surface area contributed by atoms with E-state index in [-0.39, 0.29) is 29.7 Å². The van der Waals surface area contributed by atoms with E-state index in [4.69, 9.17) is 4.74 Å². The van der Waals surface area contributed by atoms with Crippen LogP contribution in [-0.2, 0) is 20.7 Å². The number of fused-ring (bicyclic) bond motifs is 1. The summed E-state index contributed by atoms with van der Waals surface area (Å²) in [6.45, 7) is 3.34. The molecule has 28 heavy (non-hydrogen) atoms. The second kappa shape index (κ2) is 8.06. The van der Waals surface area contributed by atoms with Gasteiger partial charge in [0.1, 0.15) is 5.92 Å². The van der Waals surface area contributed by atoms with Crippen molar-refractivity contribution in [3.8, 4) is 0 Å². The second-order valence-corrected chi connectivity index (χ2v) is 8.73. The number of carbonyl (C=O) groups is 3. The van der Waals surface area contributed by atoms with E-state index in [9.17, 15) is 14.4 Å². The van der Waals surface area contributed by atoms with Gasteiger partial charge in [0.15, 0.2) is 5.13 Å². The number of anilines is 1. The average molecular weight is 407 g/mol. The maximum absolute atomic E-state index is 12.6. The summed E-state index contributed by atoms with van der Waals surface area (Å²) in [5.41, 5.74) is 0.755. The first-order valence-electron chi connectivity index (χ1n) is 10.1. The number of aromatic nitrogens is 1. The molecule has 3 amide bonds. The number of likely N-dealkylation sites (tertiary alicyclic amines) is 1. The first kappa shape index (κ1) is 19.2. The molecule has 1 aromatic heterocycles. The zero-order valence-corrected chi connectivity index (χ0v) is 16.8. The number of ether oxygens (including phenoxy) is 1. The first-order valence-corrected chi connectivity index (χ1v) is 10.9. The number of amides is 3. The van der Waals surface area contributed by atoms with Crippen LogP contribution in [0, 0.1) is 5.92 Å². The summed E-state index contributed by atoms with van der Waals surface area (Å²) in [6.07, 6.45) is 4.96. The second-order valence-electron chi connectivity index (χ2n) is 7.65. The highest BCUT2D eigenvalue weighted by Gasteiger charge is 2.35. The van der Waals surface area contributed by atoms with Gasteiger partial charge in [-0.2, -0.15) is 0 Å². The Morgan fingerprint density at radius 3 is 2.61 bits per heavy atom. The topological polar surface area (TPSA) is 101 Å². The fraction of sp³-hybridized carbons (Fsp3) is 0.684. The highest BCUT2D eigenvalue weighted by molar-refractivity contribution is 7.16. The summed E-state index contributed by atoms with van der Waals surface area (Å²) in [7, 11) is 0. The molecule has 0 radical (unpaired) electrons. The molecule has 9 heteroatoms. The number of thiazole rings is 1. The molecule has 2 aliphatic carbocycles. The quantitative estimate of drug-likeness (QED) is 0.731. The number of carbonyl (C=O) groups excluding carboxylic acids is 3. The number of aryl methyl sites for hydroxylation is 1. The summed E-state index contributed by atoms with van der Waals surface area (Å²) in [6, 6.07) is 0.335. The van der Waals surface area contributed by atoms with Crippen LogP contribution in [0.4, 0.5) is 9.93 Å². The Labute approximate surface area is 168 Å². The molecule has 1 atom stereocenters. The summed E-state index contributed by atoms with van der Waals surface area (Å²) in [5.74, 6) is -0.724. The van der Waals surface area contributed by atoms with Crippen LogP contribution >= 0.6 is 11.3 Å². The van der Waals surface area contributed by atoms with E-state index >= 15 is 0 Å². The molecule has 2 fully saturated rings. The fourth-order valence-corrected chi connectivity index (χ4v) is 4.84. The zero-order valence-electron chi connectivity index (χ0n) is 16.0.